The van der Waals surface area contributed by atoms with Gasteiger partial charge in [-0.25, -0.2) is 0 Å². The molecule has 0 unspecified atom stereocenters. The molecule has 2 saturated heterocycles. The van der Waals surface area contributed by atoms with Crippen LogP contribution in [0, 0.1) is 18.8 Å². The van der Waals surface area contributed by atoms with Crippen molar-refractivity contribution in [3.05, 3.63) is 59.2 Å². The maximum atomic E-state index is 13.2. The summed E-state index contributed by atoms with van der Waals surface area (Å²) in [5.41, 5.74) is 5.16. The molecule has 2 N–H and O–H groups in total. The average molecular weight is 573 g/mol. The van der Waals surface area contributed by atoms with E-state index in [1.165, 1.54) is 30.5 Å². The van der Waals surface area contributed by atoms with Gasteiger partial charge in [0.1, 0.15) is 0 Å². The van der Waals surface area contributed by atoms with E-state index in [-0.39, 0.29) is 23.6 Å². The Morgan fingerprint density at radius 2 is 1.71 bits per heavy atom. The highest BCUT2D eigenvalue weighted by Crippen LogP contribution is 2.31. The third-order valence-corrected chi connectivity index (χ3v) is 9.56. The molecule has 1 aliphatic carbocycles. The van der Waals surface area contributed by atoms with Crippen LogP contribution in [0.2, 0.25) is 0 Å². The van der Waals surface area contributed by atoms with Gasteiger partial charge in [0.25, 0.3) is 5.91 Å². The zero-order valence-corrected chi connectivity index (χ0v) is 25.3. The second-order valence-electron chi connectivity index (χ2n) is 12.5. The number of aryl methyl sites for hydroxylation is 2. The van der Waals surface area contributed by atoms with Gasteiger partial charge >= 0.3 is 0 Å². The van der Waals surface area contributed by atoms with Gasteiger partial charge in [0.15, 0.2) is 0 Å². The standard InChI is InChI=1S/C35H48N4O3/c1-26-9-5-6-12-32(26)38-23-18-27(19-24-38)14-15-28-16-17-30(25-31(28)37-35(42)29-10-3-2-4-11-29)34(41)36-20-8-22-39-21-7-13-33(39)40/h5-6,9,12,16-17,25,27,29H,2-4,7-8,10-11,13-15,18-24H2,1H3,(H,36,41)(H,37,42). The van der Waals surface area contributed by atoms with E-state index in [0.717, 1.165) is 82.3 Å². The minimum atomic E-state index is -0.133. The molecule has 2 aromatic carbocycles. The predicted octanol–water partition coefficient (Wildman–Crippen LogP) is 6.11. The number of carbonyl (C=O) groups excluding carboxylic acids is 3. The molecule has 42 heavy (non-hydrogen) atoms. The monoisotopic (exact) mass is 572 g/mol. The summed E-state index contributed by atoms with van der Waals surface area (Å²) < 4.78 is 0. The lowest BCUT2D eigenvalue weighted by atomic mass is 9.88. The maximum absolute atomic E-state index is 13.2. The normalized spacial score (nSPS) is 18.4. The molecule has 2 aliphatic heterocycles. The van der Waals surface area contributed by atoms with Crippen molar-refractivity contribution in [2.75, 3.05) is 42.9 Å². The number of carbonyl (C=O) groups is 3. The zero-order chi connectivity index (χ0) is 29.3. The van der Waals surface area contributed by atoms with E-state index in [4.69, 9.17) is 0 Å². The summed E-state index contributed by atoms with van der Waals surface area (Å²) in [6, 6.07) is 14.4. The number of nitrogens with zero attached hydrogens (tertiary/aromatic N) is 2. The van der Waals surface area contributed by atoms with Crippen LogP contribution >= 0.6 is 0 Å². The molecule has 2 heterocycles. The number of likely N-dealkylation sites (tertiary alicyclic amines) is 1. The molecule has 0 radical (unpaired) electrons. The first-order chi connectivity index (χ1) is 20.5. The average Bonchev–Trinajstić information content (AvgIpc) is 3.43. The topological polar surface area (TPSA) is 81.8 Å². The van der Waals surface area contributed by atoms with Gasteiger partial charge in [-0.2, -0.15) is 0 Å². The van der Waals surface area contributed by atoms with E-state index in [1.807, 2.05) is 23.1 Å². The predicted molar refractivity (Wildman–Crippen MR) is 169 cm³/mol. The Morgan fingerprint density at radius 1 is 0.929 bits per heavy atom. The van der Waals surface area contributed by atoms with Crippen molar-refractivity contribution in [3.8, 4) is 0 Å². The Hall–Kier alpha value is -3.35. The summed E-state index contributed by atoms with van der Waals surface area (Å²) in [5.74, 6) is 0.884. The molecule has 3 fully saturated rings. The van der Waals surface area contributed by atoms with Crippen LogP contribution in [-0.4, -0.2) is 55.3 Å². The third-order valence-electron chi connectivity index (χ3n) is 9.56. The largest absolute Gasteiger partial charge is 0.371 e. The van der Waals surface area contributed by atoms with E-state index < -0.39 is 0 Å². The first kappa shape index (κ1) is 30.1. The van der Waals surface area contributed by atoms with Crippen LogP contribution in [0.4, 0.5) is 11.4 Å². The van der Waals surface area contributed by atoms with Crippen LogP contribution in [-0.2, 0) is 16.0 Å². The lowest BCUT2D eigenvalue weighted by Gasteiger charge is -2.34. The lowest BCUT2D eigenvalue weighted by molar-refractivity contribution is -0.127. The van der Waals surface area contributed by atoms with E-state index in [2.05, 4.69) is 46.7 Å². The summed E-state index contributed by atoms with van der Waals surface area (Å²) in [4.78, 5) is 42.5. The van der Waals surface area contributed by atoms with Crippen molar-refractivity contribution < 1.29 is 14.4 Å². The number of amides is 3. The van der Waals surface area contributed by atoms with E-state index in [1.54, 1.807) is 0 Å². The number of anilines is 2. The number of para-hydroxylation sites is 1. The molecule has 7 heteroatoms. The highest BCUT2D eigenvalue weighted by atomic mass is 16.2. The second kappa shape index (κ2) is 14.7. The molecule has 5 rings (SSSR count). The summed E-state index contributed by atoms with van der Waals surface area (Å²) in [6.07, 6.45) is 11.9. The molecule has 0 spiro atoms. The van der Waals surface area contributed by atoms with Crippen LogP contribution < -0.4 is 15.5 Å². The quantitative estimate of drug-likeness (QED) is 0.319. The summed E-state index contributed by atoms with van der Waals surface area (Å²) >= 11 is 0. The smallest absolute Gasteiger partial charge is 0.251 e. The molecular weight excluding hydrogens is 524 g/mol. The number of hydrogen-bond acceptors (Lipinski definition) is 4. The highest BCUT2D eigenvalue weighted by Gasteiger charge is 2.24. The minimum absolute atomic E-state index is 0.0585. The number of rotatable bonds is 11. The Labute approximate surface area is 251 Å². The van der Waals surface area contributed by atoms with Crippen molar-refractivity contribution in [1.29, 1.82) is 0 Å². The number of hydrogen-bond donors (Lipinski definition) is 2. The molecule has 3 aliphatic rings. The van der Waals surface area contributed by atoms with Gasteiger partial charge in [-0.3, -0.25) is 14.4 Å². The molecule has 3 amide bonds. The molecule has 2 aromatic rings. The molecule has 0 bridgehead atoms. The van der Waals surface area contributed by atoms with Crippen LogP contribution in [0.15, 0.2) is 42.5 Å². The first-order valence-corrected chi connectivity index (χ1v) is 16.3. The van der Waals surface area contributed by atoms with Crippen molar-refractivity contribution in [3.63, 3.8) is 0 Å². The van der Waals surface area contributed by atoms with Gasteiger partial charge < -0.3 is 20.4 Å². The van der Waals surface area contributed by atoms with Crippen LogP contribution in [0.1, 0.15) is 92.1 Å². The van der Waals surface area contributed by atoms with E-state index in [0.29, 0.717) is 31.0 Å². The Kier molecular flexibility index (Phi) is 10.5. The number of benzene rings is 2. The van der Waals surface area contributed by atoms with Crippen molar-refractivity contribution in [2.24, 2.45) is 11.8 Å². The van der Waals surface area contributed by atoms with Gasteiger partial charge in [0.2, 0.25) is 11.8 Å². The van der Waals surface area contributed by atoms with Gasteiger partial charge in [0, 0.05) is 62.0 Å². The van der Waals surface area contributed by atoms with Gasteiger partial charge in [0.05, 0.1) is 0 Å². The van der Waals surface area contributed by atoms with Gasteiger partial charge in [-0.05, 0) is 93.5 Å². The van der Waals surface area contributed by atoms with E-state index >= 15 is 0 Å². The van der Waals surface area contributed by atoms with E-state index in [9.17, 15) is 14.4 Å². The van der Waals surface area contributed by atoms with Crippen molar-refractivity contribution in [1.82, 2.24) is 10.2 Å². The highest BCUT2D eigenvalue weighted by molar-refractivity contribution is 5.98. The summed E-state index contributed by atoms with van der Waals surface area (Å²) in [5, 5.41) is 6.25. The minimum Gasteiger partial charge on any atom is -0.371 e. The molecular formula is C35H48N4O3. The second-order valence-corrected chi connectivity index (χ2v) is 12.5. The van der Waals surface area contributed by atoms with Crippen LogP contribution in [0.5, 0.6) is 0 Å². The summed E-state index contributed by atoms with van der Waals surface area (Å²) in [6.45, 7) is 6.37. The van der Waals surface area contributed by atoms with Gasteiger partial charge in [-0.15, -0.1) is 0 Å². The molecule has 0 aromatic heterocycles. The van der Waals surface area contributed by atoms with Crippen molar-refractivity contribution >= 4 is 29.1 Å². The lowest BCUT2D eigenvalue weighted by Crippen LogP contribution is -2.34. The molecule has 226 valence electrons. The van der Waals surface area contributed by atoms with Crippen LogP contribution in [0.25, 0.3) is 0 Å². The molecule has 1 saturated carbocycles. The first-order valence-electron chi connectivity index (χ1n) is 16.3. The molecule has 7 nitrogen and oxygen atoms in total. The fraction of sp³-hybridized carbons (Fsp3) is 0.571. The Bertz CT molecular complexity index is 1230. The van der Waals surface area contributed by atoms with Crippen LogP contribution in [0.3, 0.4) is 0 Å². The number of nitrogens with one attached hydrogen (secondary N) is 2. The number of piperidine rings is 1. The maximum Gasteiger partial charge on any atom is 0.251 e. The molecule has 0 atom stereocenters. The Balaban J connectivity index is 1.18. The fourth-order valence-electron chi connectivity index (χ4n) is 6.91. The van der Waals surface area contributed by atoms with Crippen molar-refractivity contribution in [2.45, 2.75) is 84.0 Å². The zero-order valence-electron chi connectivity index (χ0n) is 25.3. The SMILES string of the molecule is Cc1ccccc1N1CCC(CCc2ccc(C(=O)NCCCN3CCCC3=O)cc2NC(=O)C2CCCCC2)CC1. The third kappa shape index (κ3) is 7.93. The Morgan fingerprint density at radius 3 is 2.45 bits per heavy atom. The fourth-order valence-corrected chi connectivity index (χ4v) is 6.91. The summed E-state index contributed by atoms with van der Waals surface area (Å²) in [7, 11) is 0. The van der Waals surface area contributed by atoms with Gasteiger partial charge in [-0.1, -0.05) is 43.5 Å².